The quantitative estimate of drug-likeness (QED) is 0.676. The number of methoxy groups -OCH3 is 1. The van der Waals surface area contributed by atoms with Gasteiger partial charge in [-0.2, -0.15) is 0 Å². The topological polar surface area (TPSA) is 57.0 Å². The van der Waals surface area contributed by atoms with Crippen molar-refractivity contribution in [2.24, 2.45) is 0 Å². The van der Waals surface area contributed by atoms with Gasteiger partial charge in [0.05, 0.1) is 23.9 Å². The van der Waals surface area contributed by atoms with Gasteiger partial charge in [-0.3, -0.25) is 0 Å². The van der Waals surface area contributed by atoms with E-state index in [0.717, 1.165) is 17.6 Å². The maximum Gasteiger partial charge on any atom is 0.337 e. The fraction of sp³-hybridized carbons (Fsp3) is 0.278. The van der Waals surface area contributed by atoms with Crippen LogP contribution in [0.4, 0.5) is 0 Å². The van der Waals surface area contributed by atoms with E-state index < -0.39 is 0 Å². The lowest BCUT2D eigenvalue weighted by Crippen LogP contribution is -2.01. The highest BCUT2D eigenvalue weighted by Gasteiger charge is 2.11. The number of esters is 1. The molecule has 0 N–H and O–H groups in total. The molecule has 1 heterocycles. The third-order valence-corrected chi connectivity index (χ3v) is 3.87. The fourth-order valence-electron chi connectivity index (χ4n) is 2.54. The number of carbonyl (C=O) groups excluding carboxylic acids is 1. The summed E-state index contributed by atoms with van der Waals surface area (Å²) in [6, 6.07) is 13.6. The normalized spacial score (nSPS) is 10.9. The summed E-state index contributed by atoms with van der Waals surface area (Å²) in [5.41, 5.74) is 4.29. The van der Waals surface area contributed by atoms with E-state index in [4.69, 9.17) is 4.74 Å². The lowest BCUT2D eigenvalue weighted by molar-refractivity contribution is 0.0601. The van der Waals surface area contributed by atoms with Gasteiger partial charge in [0.25, 0.3) is 0 Å². The first-order valence-corrected chi connectivity index (χ1v) is 7.76. The zero-order valence-corrected chi connectivity index (χ0v) is 13.3. The molecule has 0 aliphatic rings. The minimum atomic E-state index is -0.373. The van der Waals surface area contributed by atoms with E-state index >= 15 is 0 Å². The van der Waals surface area contributed by atoms with Gasteiger partial charge in [-0.25, -0.2) is 9.48 Å². The Morgan fingerprint density at radius 3 is 2.65 bits per heavy atom. The molecule has 0 aliphatic heterocycles. The zero-order valence-electron chi connectivity index (χ0n) is 13.3. The molecule has 2 aromatic carbocycles. The molecule has 5 heteroatoms. The van der Waals surface area contributed by atoms with Gasteiger partial charge in [0, 0.05) is 0 Å². The van der Waals surface area contributed by atoms with Crippen LogP contribution in [0.1, 0.15) is 35.7 Å². The minimum absolute atomic E-state index is 0.373. The summed E-state index contributed by atoms with van der Waals surface area (Å²) in [6.07, 6.45) is 3.48. The molecule has 0 atom stereocenters. The van der Waals surface area contributed by atoms with Gasteiger partial charge in [0.1, 0.15) is 5.52 Å². The number of aryl methyl sites for hydroxylation is 1. The summed E-state index contributed by atoms with van der Waals surface area (Å²) < 4.78 is 6.51. The molecule has 0 fully saturated rings. The monoisotopic (exact) mass is 309 g/mol. The Hall–Kier alpha value is -2.69. The minimum Gasteiger partial charge on any atom is -0.465 e. The molecule has 3 aromatic rings. The number of ether oxygens (including phenoxy) is 1. The predicted octanol–water partition coefficient (Wildman–Crippen LogP) is 3.55. The van der Waals surface area contributed by atoms with Crippen molar-refractivity contribution >= 4 is 17.0 Å². The second-order valence-electron chi connectivity index (χ2n) is 5.47. The third kappa shape index (κ3) is 3.08. The van der Waals surface area contributed by atoms with Crippen LogP contribution in [0.3, 0.4) is 0 Å². The Bertz CT molecular complexity index is 822. The van der Waals surface area contributed by atoms with E-state index in [1.165, 1.54) is 25.5 Å². The summed E-state index contributed by atoms with van der Waals surface area (Å²) in [6.45, 7) is 2.19. The first-order valence-electron chi connectivity index (χ1n) is 7.76. The maximum atomic E-state index is 11.6. The molecule has 0 aliphatic carbocycles. The fourth-order valence-corrected chi connectivity index (χ4v) is 2.54. The summed E-state index contributed by atoms with van der Waals surface area (Å²) in [5, 5.41) is 8.35. The van der Waals surface area contributed by atoms with Gasteiger partial charge < -0.3 is 4.74 Å². The van der Waals surface area contributed by atoms with E-state index in [1.807, 2.05) is 18.2 Å². The number of unbranched alkanes of at least 4 members (excludes halogenated alkanes) is 1. The molecule has 0 amide bonds. The van der Waals surface area contributed by atoms with Crippen LogP contribution in [0, 0.1) is 0 Å². The number of aromatic nitrogens is 3. The highest BCUT2D eigenvalue weighted by Crippen LogP contribution is 2.19. The van der Waals surface area contributed by atoms with Crippen LogP contribution < -0.4 is 0 Å². The van der Waals surface area contributed by atoms with Gasteiger partial charge in [0.2, 0.25) is 0 Å². The third-order valence-electron chi connectivity index (χ3n) is 3.87. The zero-order chi connectivity index (χ0) is 16.2. The molecular weight excluding hydrogens is 290 g/mol. The summed E-state index contributed by atoms with van der Waals surface area (Å²) in [5.74, 6) is -0.373. The Morgan fingerprint density at radius 1 is 1.17 bits per heavy atom. The first-order chi connectivity index (χ1) is 11.2. The standard InChI is InChI=1S/C18H19N3O2/c1-3-4-5-13-6-9-15(10-7-13)21-17-11-8-14(18(22)23-2)12-16(17)19-20-21/h6-12H,3-5H2,1-2H3. The number of nitrogens with zero attached hydrogens (tertiary/aromatic N) is 3. The van der Waals surface area contributed by atoms with Crippen LogP contribution in [-0.4, -0.2) is 28.1 Å². The van der Waals surface area contributed by atoms with Gasteiger partial charge >= 0.3 is 5.97 Å². The lowest BCUT2D eigenvalue weighted by atomic mass is 10.1. The van der Waals surface area contributed by atoms with Crippen molar-refractivity contribution in [1.29, 1.82) is 0 Å². The maximum absolute atomic E-state index is 11.6. The molecule has 0 bridgehead atoms. The SMILES string of the molecule is CCCCc1ccc(-n2nnc3cc(C(=O)OC)ccc32)cc1. The van der Waals surface area contributed by atoms with Crippen molar-refractivity contribution in [2.45, 2.75) is 26.2 Å². The largest absolute Gasteiger partial charge is 0.465 e. The average molecular weight is 309 g/mol. The van der Waals surface area contributed by atoms with Crippen molar-refractivity contribution in [3.8, 4) is 5.69 Å². The van der Waals surface area contributed by atoms with Crippen LogP contribution in [0.25, 0.3) is 16.7 Å². The summed E-state index contributed by atoms with van der Waals surface area (Å²) in [7, 11) is 1.36. The molecule has 0 spiro atoms. The van der Waals surface area contributed by atoms with Crippen LogP contribution in [0.5, 0.6) is 0 Å². The Kier molecular flexibility index (Phi) is 4.37. The number of benzene rings is 2. The molecule has 0 unspecified atom stereocenters. The van der Waals surface area contributed by atoms with Gasteiger partial charge in [-0.1, -0.05) is 30.7 Å². The van der Waals surface area contributed by atoms with Crippen molar-refractivity contribution in [3.05, 3.63) is 53.6 Å². The highest BCUT2D eigenvalue weighted by atomic mass is 16.5. The van der Waals surface area contributed by atoms with Gasteiger partial charge in [-0.05, 0) is 48.7 Å². The first kappa shape index (κ1) is 15.2. The molecule has 0 saturated carbocycles. The molecule has 3 rings (SSSR count). The van der Waals surface area contributed by atoms with E-state index in [0.29, 0.717) is 11.1 Å². The van der Waals surface area contributed by atoms with Crippen molar-refractivity contribution in [3.63, 3.8) is 0 Å². The highest BCUT2D eigenvalue weighted by molar-refractivity contribution is 5.93. The second kappa shape index (κ2) is 6.60. The van der Waals surface area contributed by atoms with E-state index in [2.05, 4.69) is 29.4 Å². The Labute approximate surface area is 134 Å². The smallest absolute Gasteiger partial charge is 0.337 e. The molecule has 1 aromatic heterocycles. The van der Waals surface area contributed by atoms with Crippen LogP contribution in [0.2, 0.25) is 0 Å². The molecule has 118 valence electrons. The van der Waals surface area contributed by atoms with Crippen LogP contribution >= 0.6 is 0 Å². The number of hydrogen-bond donors (Lipinski definition) is 0. The molecular formula is C18H19N3O2. The predicted molar refractivity (Wildman–Crippen MR) is 88.8 cm³/mol. The van der Waals surface area contributed by atoms with Crippen molar-refractivity contribution in [2.75, 3.05) is 7.11 Å². The number of fused-ring (bicyclic) bond motifs is 1. The van der Waals surface area contributed by atoms with Gasteiger partial charge in [-0.15, -0.1) is 5.10 Å². The van der Waals surface area contributed by atoms with Gasteiger partial charge in [0.15, 0.2) is 0 Å². The molecule has 23 heavy (non-hydrogen) atoms. The summed E-state index contributed by atoms with van der Waals surface area (Å²) in [4.78, 5) is 11.6. The summed E-state index contributed by atoms with van der Waals surface area (Å²) >= 11 is 0. The van der Waals surface area contributed by atoms with E-state index in [9.17, 15) is 4.79 Å². The number of carbonyl (C=O) groups is 1. The lowest BCUT2D eigenvalue weighted by Gasteiger charge is -2.05. The van der Waals surface area contributed by atoms with Crippen molar-refractivity contribution in [1.82, 2.24) is 15.0 Å². The number of hydrogen-bond acceptors (Lipinski definition) is 4. The van der Waals surface area contributed by atoms with E-state index in [-0.39, 0.29) is 5.97 Å². The number of rotatable bonds is 5. The second-order valence-corrected chi connectivity index (χ2v) is 5.47. The van der Waals surface area contributed by atoms with E-state index in [1.54, 1.807) is 16.8 Å². The van der Waals surface area contributed by atoms with Crippen molar-refractivity contribution < 1.29 is 9.53 Å². The molecule has 0 saturated heterocycles. The molecule has 5 nitrogen and oxygen atoms in total. The Morgan fingerprint density at radius 2 is 1.96 bits per heavy atom. The van der Waals surface area contributed by atoms with Crippen LogP contribution in [-0.2, 0) is 11.2 Å². The Balaban J connectivity index is 1.92. The molecule has 0 radical (unpaired) electrons. The van der Waals surface area contributed by atoms with Crippen LogP contribution in [0.15, 0.2) is 42.5 Å². The average Bonchev–Trinajstić information content (AvgIpc) is 3.02.